The molecule has 7 heteroatoms. The Balaban J connectivity index is 1.62. The first kappa shape index (κ1) is 17.6. The summed E-state index contributed by atoms with van der Waals surface area (Å²) < 4.78 is 1.10. The minimum Gasteiger partial charge on any atom is -0.315 e. The van der Waals surface area contributed by atoms with Gasteiger partial charge < -0.3 is 5.32 Å². The number of likely N-dealkylation sites (N-methyl/N-ethyl adjacent to an activating group) is 1. The highest BCUT2D eigenvalue weighted by Gasteiger charge is 2.22. The summed E-state index contributed by atoms with van der Waals surface area (Å²) in [6, 6.07) is 6.36. The number of fused-ring (bicyclic) bond motifs is 1. The van der Waals surface area contributed by atoms with E-state index < -0.39 is 0 Å². The summed E-state index contributed by atoms with van der Waals surface area (Å²) in [5.74, 6) is -0.0665. The molecule has 1 amide bonds. The lowest BCUT2D eigenvalue weighted by Gasteiger charge is -2.14. The number of nitrogens with one attached hydrogen (secondary N) is 1. The number of anilines is 1. The van der Waals surface area contributed by atoms with E-state index >= 15 is 0 Å². The molecular weight excluding hydrogens is 406 g/mol. The van der Waals surface area contributed by atoms with Crippen molar-refractivity contribution in [1.29, 1.82) is 5.26 Å². The van der Waals surface area contributed by atoms with E-state index in [0.717, 1.165) is 40.2 Å². The molecule has 2 aromatic heterocycles. The van der Waals surface area contributed by atoms with E-state index in [9.17, 15) is 10.1 Å². The number of carbonyl (C=O) groups is 1. The maximum absolute atomic E-state index is 12.3. The van der Waals surface area contributed by atoms with Crippen LogP contribution in [0.5, 0.6) is 0 Å². The van der Waals surface area contributed by atoms with E-state index in [1.807, 2.05) is 18.0 Å². The fraction of sp³-hybridized carbons (Fsp3) is 0.412. The quantitative estimate of drug-likeness (QED) is 0.775. The lowest BCUT2D eigenvalue weighted by Crippen LogP contribution is -2.29. The predicted molar refractivity (Wildman–Crippen MR) is 103 cm³/mol. The monoisotopic (exact) mass is 423 g/mol. The van der Waals surface area contributed by atoms with E-state index in [1.165, 1.54) is 16.2 Å². The normalized spacial score (nSPS) is 13.6. The van der Waals surface area contributed by atoms with Gasteiger partial charge in [0.2, 0.25) is 5.91 Å². The van der Waals surface area contributed by atoms with Gasteiger partial charge in [-0.3, -0.25) is 9.69 Å². The van der Waals surface area contributed by atoms with Crippen molar-refractivity contribution in [3.63, 3.8) is 0 Å². The third-order valence-corrected chi connectivity index (χ3v) is 6.82. The topological polar surface area (TPSA) is 56.1 Å². The van der Waals surface area contributed by atoms with Crippen LogP contribution in [0.1, 0.15) is 33.7 Å². The molecule has 1 aliphatic carbocycles. The zero-order valence-corrected chi connectivity index (χ0v) is 16.6. The summed E-state index contributed by atoms with van der Waals surface area (Å²) in [5.41, 5.74) is 1.83. The van der Waals surface area contributed by atoms with Crippen LogP contribution in [0.3, 0.4) is 0 Å². The van der Waals surface area contributed by atoms with Crippen molar-refractivity contribution < 1.29 is 4.79 Å². The molecule has 2 heterocycles. The molecule has 1 N–H and O–H groups in total. The Labute approximate surface area is 158 Å². The smallest absolute Gasteiger partial charge is 0.239 e. The van der Waals surface area contributed by atoms with Gasteiger partial charge in [-0.15, -0.1) is 22.7 Å². The second kappa shape index (κ2) is 7.79. The molecule has 0 fully saturated rings. The van der Waals surface area contributed by atoms with Crippen molar-refractivity contribution in [2.24, 2.45) is 0 Å². The summed E-state index contributed by atoms with van der Waals surface area (Å²) >= 11 is 6.70. The zero-order chi connectivity index (χ0) is 17.1. The molecule has 0 aromatic carbocycles. The molecule has 24 heavy (non-hydrogen) atoms. The average molecular weight is 424 g/mol. The second-order valence-electron chi connectivity index (χ2n) is 5.95. The molecule has 0 saturated carbocycles. The first-order valence-corrected chi connectivity index (χ1v) is 10.3. The second-order valence-corrected chi connectivity index (χ2v) is 9.61. The number of hydrogen-bond donors (Lipinski definition) is 1. The zero-order valence-electron chi connectivity index (χ0n) is 13.4. The third kappa shape index (κ3) is 4.06. The number of carbonyl (C=O) groups excluding carboxylic acids is 1. The van der Waals surface area contributed by atoms with Crippen LogP contribution in [0, 0.1) is 11.3 Å². The highest BCUT2D eigenvalue weighted by Crippen LogP contribution is 2.37. The molecule has 0 saturated heterocycles. The summed E-state index contributed by atoms with van der Waals surface area (Å²) in [7, 11) is 1.93. The van der Waals surface area contributed by atoms with E-state index in [-0.39, 0.29) is 5.91 Å². The molecule has 4 nitrogen and oxygen atoms in total. The van der Waals surface area contributed by atoms with Gasteiger partial charge in [-0.25, -0.2) is 0 Å². The number of amides is 1. The number of rotatable bonds is 5. The summed E-state index contributed by atoms with van der Waals surface area (Å²) in [4.78, 5) is 16.8. The number of halogens is 1. The molecule has 0 aliphatic heterocycles. The number of nitriles is 1. The van der Waals surface area contributed by atoms with E-state index in [4.69, 9.17) is 0 Å². The Morgan fingerprint density at radius 2 is 2.17 bits per heavy atom. The van der Waals surface area contributed by atoms with Gasteiger partial charge in [0.05, 0.1) is 15.9 Å². The number of hydrogen-bond acceptors (Lipinski definition) is 5. The third-order valence-electron chi connectivity index (χ3n) is 4.00. The molecule has 0 atom stereocenters. The first-order valence-electron chi connectivity index (χ1n) is 7.84. The van der Waals surface area contributed by atoms with Gasteiger partial charge >= 0.3 is 0 Å². The molecule has 3 rings (SSSR count). The minimum atomic E-state index is -0.0665. The molecule has 1 aliphatic rings. The minimum absolute atomic E-state index is 0.0665. The van der Waals surface area contributed by atoms with Crippen LogP contribution in [-0.4, -0.2) is 24.4 Å². The van der Waals surface area contributed by atoms with Crippen LogP contribution < -0.4 is 5.32 Å². The lowest BCUT2D eigenvalue weighted by molar-refractivity contribution is -0.117. The van der Waals surface area contributed by atoms with Crippen molar-refractivity contribution >= 4 is 49.5 Å². The predicted octanol–water partition coefficient (Wildman–Crippen LogP) is 4.39. The van der Waals surface area contributed by atoms with Gasteiger partial charge in [-0.2, -0.15) is 5.26 Å². The molecule has 0 bridgehead atoms. The number of thiophene rings is 2. The Kier molecular flexibility index (Phi) is 5.72. The van der Waals surface area contributed by atoms with E-state index in [0.29, 0.717) is 12.1 Å². The average Bonchev–Trinajstić information content (AvgIpc) is 3.09. The molecule has 2 aromatic rings. The van der Waals surface area contributed by atoms with Crippen LogP contribution in [0.15, 0.2) is 15.9 Å². The van der Waals surface area contributed by atoms with E-state index in [1.54, 1.807) is 22.7 Å². The SMILES string of the molecule is CN(CC(=O)Nc1sc2c(c1C#N)CCCC2)Cc1ccc(Br)s1. The highest BCUT2D eigenvalue weighted by molar-refractivity contribution is 9.11. The van der Waals surface area contributed by atoms with Crippen LogP contribution in [0.4, 0.5) is 5.00 Å². The number of nitrogens with zero attached hydrogens (tertiary/aromatic N) is 2. The van der Waals surface area contributed by atoms with Crippen molar-refractivity contribution in [3.05, 3.63) is 36.8 Å². The molecule has 0 unspecified atom stereocenters. The fourth-order valence-corrected chi connectivity index (χ4v) is 5.76. The van der Waals surface area contributed by atoms with Crippen molar-refractivity contribution in [1.82, 2.24) is 4.90 Å². The van der Waals surface area contributed by atoms with Gasteiger partial charge in [0.1, 0.15) is 11.1 Å². The number of aryl methyl sites for hydroxylation is 1. The van der Waals surface area contributed by atoms with Crippen LogP contribution >= 0.6 is 38.6 Å². The Morgan fingerprint density at radius 3 is 2.88 bits per heavy atom. The standard InChI is InChI=1S/C17H18BrN3OS2/c1-21(9-11-6-7-15(18)23-11)10-16(22)20-17-13(8-19)12-4-2-3-5-14(12)24-17/h6-7H,2-5,9-10H2,1H3,(H,20,22). The Morgan fingerprint density at radius 1 is 1.38 bits per heavy atom. The molecule has 0 spiro atoms. The maximum Gasteiger partial charge on any atom is 0.239 e. The van der Waals surface area contributed by atoms with Gasteiger partial charge in [-0.05, 0) is 66.4 Å². The Bertz CT molecular complexity index is 790. The largest absolute Gasteiger partial charge is 0.315 e. The first-order chi connectivity index (χ1) is 11.6. The fourth-order valence-electron chi connectivity index (χ4n) is 2.94. The summed E-state index contributed by atoms with van der Waals surface area (Å²) in [6.45, 7) is 1.04. The highest BCUT2D eigenvalue weighted by atomic mass is 79.9. The summed E-state index contributed by atoms with van der Waals surface area (Å²) in [5, 5.41) is 13.1. The van der Waals surface area contributed by atoms with Crippen molar-refractivity contribution in [3.8, 4) is 6.07 Å². The summed E-state index contributed by atoms with van der Waals surface area (Å²) in [6.07, 6.45) is 4.28. The van der Waals surface area contributed by atoms with Crippen LogP contribution in [-0.2, 0) is 24.2 Å². The lowest BCUT2D eigenvalue weighted by atomic mass is 9.96. The molecule has 0 radical (unpaired) electrons. The van der Waals surface area contributed by atoms with Crippen LogP contribution in [0.2, 0.25) is 0 Å². The van der Waals surface area contributed by atoms with Crippen molar-refractivity contribution in [2.75, 3.05) is 18.9 Å². The van der Waals surface area contributed by atoms with Crippen molar-refractivity contribution in [2.45, 2.75) is 32.2 Å². The van der Waals surface area contributed by atoms with Gasteiger partial charge in [0, 0.05) is 16.3 Å². The van der Waals surface area contributed by atoms with E-state index in [2.05, 4.69) is 33.4 Å². The van der Waals surface area contributed by atoms with Gasteiger partial charge in [-0.1, -0.05) is 0 Å². The molecule has 126 valence electrons. The Hall–Kier alpha value is -1.20. The maximum atomic E-state index is 12.3. The molecular formula is C17H18BrN3OS2. The van der Waals surface area contributed by atoms with Crippen LogP contribution in [0.25, 0.3) is 0 Å². The van der Waals surface area contributed by atoms with Gasteiger partial charge in [0.25, 0.3) is 0 Å². The van der Waals surface area contributed by atoms with Gasteiger partial charge in [0.15, 0.2) is 0 Å².